The molecule has 0 saturated carbocycles. The lowest BCUT2D eigenvalue weighted by molar-refractivity contribution is -0.135. The van der Waals surface area contributed by atoms with Gasteiger partial charge in [0.25, 0.3) is 0 Å². The summed E-state index contributed by atoms with van der Waals surface area (Å²) in [6.07, 6.45) is 1.62. The van der Waals surface area contributed by atoms with Crippen LogP contribution in [0.5, 0.6) is 0 Å². The van der Waals surface area contributed by atoms with Gasteiger partial charge in [0.15, 0.2) is 0 Å². The van der Waals surface area contributed by atoms with Gasteiger partial charge in [0, 0.05) is 6.42 Å². The monoisotopic (exact) mass is 214 g/mol. The molecule has 15 heavy (non-hydrogen) atoms. The number of β-lactam (4-membered cyclic amide) rings is 1. The number of carbonyl (C=O) groups is 2. The van der Waals surface area contributed by atoms with Crippen LogP contribution in [0.3, 0.4) is 0 Å². The highest BCUT2D eigenvalue weighted by Gasteiger charge is 2.36. The fraction of sp³-hybridized carbons (Fsp3) is 0.556. The van der Waals surface area contributed by atoms with Crippen molar-refractivity contribution in [3.63, 3.8) is 0 Å². The molecule has 1 aliphatic rings. The van der Waals surface area contributed by atoms with Gasteiger partial charge in [-0.1, -0.05) is 0 Å². The Hall–Kier alpha value is -1.56. The SMILES string of the molecule is COC(=O)C=C(C[C@H]1NC(=O)[C@@H]1N)OC. The summed E-state index contributed by atoms with van der Waals surface area (Å²) >= 11 is 0. The summed E-state index contributed by atoms with van der Waals surface area (Å²) < 4.78 is 9.42. The third-order valence-corrected chi connectivity index (χ3v) is 2.23. The van der Waals surface area contributed by atoms with Gasteiger partial charge in [-0.2, -0.15) is 0 Å². The number of ether oxygens (including phenoxy) is 2. The summed E-state index contributed by atoms with van der Waals surface area (Å²) in [6.45, 7) is 0. The summed E-state index contributed by atoms with van der Waals surface area (Å²) in [5.74, 6) is -0.248. The Morgan fingerprint density at radius 3 is 2.60 bits per heavy atom. The van der Waals surface area contributed by atoms with E-state index in [1.807, 2.05) is 0 Å². The first kappa shape index (κ1) is 11.5. The Morgan fingerprint density at radius 1 is 1.53 bits per heavy atom. The van der Waals surface area contributed by atoms with Crippen molar-refractivity contribution in [3.05, 3.63) is 11.8 Å². The lowest BCUT2D eigenvalue weighted by atomic mass is 9.96. The second kappa shape index (κ2) is 4.79. The van der Waals surface area contributed by atoms with Crippen LogP contribution in [0.4, 0.5) is 0 Å². The maximum absolute atomic E-state index is 10.9. The highest BCUT2D eigenvalue weighted by Crippen LogP contribution is 2.14. The van der Waals surface area contributed by atoms with Gasteiger partial charge in [-0.05, 0) is 0 Å². The molecule has 0 aliphatic carbocycles. The van der Waals surface area contributed by atoms with Crippen LogP contribution < -0.4 is 11.1 Å². The molecule has 2 atom stereocenters. The van der Waals surface area contributed by atoms with Crippen LogP contribution in [0.2, 0.25) is 0 Å². The standard InChI is InChI=1S/C9H14N2O4/c1-14-5(4-7(12)15-2)3-6-8(10)9(13)11-6/h4,6,8H,3,10H2,1-2H3,(H,11,13)/t6-,8-/m1/s1. The Morgan fingerprint density at radius 2 is 2.20 bits per heavy atom. The van der Waals surface area contributed by atoms with E-state index in [4.69, 9.17) is 10.5 Å². The molecule has 0 aromatic rings. The second-order valence-corrected chi connectivity index (χ2v) is 3.18. The highest BCUT2D eigenvalue weighted by molar-refractivity contribution is 5.89. The van der Waals surface area contributed by atoms with Crippen LogP contribution in [0.15, 0.2) is 11.8 Å². The number of carbonyl (C=O) groups excluding carboxylic acids is 2. The van der Waals surface area contributed by atoms with E-state index >= 15 is 0 Å². The van der Waals surface area contributed by atoms with Gasteiger partial charge in [-0.25, -0.2) is 4.79 Å². The minimum Gasteiger partial charge on any atom is -0.501 e. The van der Waals surface area contributed by atoms with Crippen molar-refractivity contribution in [2.24, 2.45) is 5.73 Å². The van der Waals surface area contributed by atoms with Crippen molar-refractivity contribution in [3.8, 4) is 0 Å². The Kier molecular flexibility index (Phi) is 3.68. The molecule has 0 aromatic carbocycles. The zero-order valence-corrected chi connectivity index (χ0v) is 8.65. The lowest BCUT2D eigenvalue weighted by Crippen LogP contribution is -2.66. The van der Waals surface area contributed by atoms with Gasteiger partial charge in [-0.3, -0.25) is 4.79 Å². The Labute approximate surface area is 87.4 Å². The second-order valence-electron chi connectivity index (χ2n) is 3.18. The van der Waals surface area contributed by atoms with Gasteiger partial charge in [0.1, 0.15) is 11.8 Å². The average molecular weight is 214 g/mol. The summed E-state index contributed by atoms with van der Waals surface area (Å²) in [6, 6.07) is -0.699. The molecule has 0 radical (unpaired) electrons. The number of nitrogens with two attached hydrogens (primary N) is 1. The van der Waals surface area contributed by atoms with E-state index in [-0.39, 0.29) is 11.9 Å². The number of hydrogen-bond donors (Lipinski definition) is 2. The van der Waals surface area contributed by atoms with Crippen molar-refractivity contribution in [2.45, 2.75) is 18.5 Å². The minimum absolute atomic E-state index is 0.173. The summed E-state index contributed by atoms with van der Waals surface area (Å²) in [5, 5.41) is 2.61. The predicted molar refractivity (Wildman–Crippen MR) is 51.6 cm³/mol. The maximum Gasteiger partial charge on any atom is 0.333 e. The van der Waals surface area contributed by atoms with E-state index in [1.165, 1.54) is 20.3 Å². The lowest BCUT2D eigenvalue weighted by Gasteiger charge is -2.34. The molecule has 1 aliphatic heterocycles. The van der Waals surface area contributed by atoms with E-state index in [1.54, 1.807) is 0 Å². The van der Waals surface area contributed by atoms with Crippen molar-refractivity contribution in [1.29, 1.82) is 0 Å². The number of methoxy groups -OCH3 is 2. The molecule has 0 bridgehead atoms. The molecule has 6 heteroatoms. The van der Waals surface area contributed by atoms with Crippen molar-refractivity contribution >= 4 is 11.9 Å². The van der Waals surface area contributed by atoms with Crippen LogP contribution in [-0.2, 0) is 19.1 Å². The predicted octanol–water partition coefficient (Wildman–Crippen LogP) is -1.09. The number of rotatable bonds is 4. The molecule has 1 amide bonds. The molecule has 1 heterocycles. The number of amides is 1. The van der Waals surface area contributed by atoms with E-state index < -0.39 is 12.0 Å². The minimum atomic E-state index is -0.527. The molecule has 3 N–H and O–H groups in total. The molecule has 6 nitrogen and oxygen atoms in total. The average Bonchev–Trinajstić information content (AvgIpc) is 2.26. The first-order chi connectivity index (χ1) is 7.08. The summed E-state index contributed by atoms with van der Waals surface area (Å²) in [4.78, 5) is 21.7. The molecule has 84 valence electrons. The largest absolute Gasteiger partial charge is 0.501 e. The molecule has 1 fully saturated rings. The quantitative estimate of drug-likeness (QED) is 0.268. The zero-order chi connectivity index (χ0) is 11.4. The van der Waals surface area contributed by atoms with Crippen molar-refractivity contribution < 1.29 is 19.1 Å². The maximum atomic E-state index is 10.9. The highest BCUT2D eigenvalue weighted by atomic mass is 16.5. The fourth-order valence-electron chi connectivity index (χ4n) is 1.24. The molecule has 0 unspecified atom stereocenters. The topological polar surface area (TPSA) is 90.7 Å². The molecule has 1 saturated heterocycles. The van der Waals surface area contributed by atoms with Gasteiger partial charge in [-0.15, -0.1) is 0 Å². The summed E-state index contributed by atoms with van der Waals surface area (Å²) in [5.41, 5.74) is 5.52. The molecule has 0 aromatic heterocycles. The van der Waals surface area contributed by atoms with Gasteiger partial charge < -0.3 is 20.5 Å². The third kappa shape index (κ3) is 2.69. The van der Waals surface area contributed by atoms with E-state index in [9.17, 15) is 9.59 Å². The normalized spacial score (nSPS) is 25.3. The number of esters is 1. The Balaban J connectivity index is 2.51. The van der Waals surface area contributed by atoms with E-state index in [2.05, 4.69) is 10.1 Å². The smallest absolute Gasteiger partial charge is 0.333 e. The van der Waals surface area contributed by atoms with Crippen LogP contribution in [0.25, 0.3) is 0 Å². The first-order valence-electron chi connectivity index (χ1n) is 4.47. The van der Waals surface area contributed by atoms with Gasteiger partial charge in [0.2, 0.25) is 5.91 Å². The van der Waals surface area contributed by atoms with Gasteiger partial charge >= 0.3 is 5.97 Å². The Bertz CT molecular complexity index is 300. The van der Waals surface area contributed by atoms with Crippen LogP contribution in [0.1, 0.15) is 6.42 Å². The molecular formula is C9H14N2O4. The van der Waals surface area contributed by atoms with Crippen LogP contribution >= 0.6 is 0 Å². The van der Waals surface area contributed by atoms with Crippen molar-refractivity contribution in [2.75, 3.05) is 14.2 Å². The van der Waals surface area contributed by atoms with E-state index in [0.717, 1.165) is 0 Å². The molecule has 1 rings (SSSR count). The van der Waals surface area contributed by atoms with E-state index in [0.29, 0.717) is 12.2 Å². The molecule has 0 spiro atoms. The zero-order valence-electron chi connectivity index (χ0n) is 8.65. The van der Waals surface area contributed by atoms with Crippen LogP contribution in [0, 0.1) is 0 Å². The van der Waals surface area contributed by atoms with Gasteiger partial charge in [0.05, 0.1) is 26.3 Å². The fourth-order valence-corrected chi connectivity index (χ4v) is 1.24. The van der Waals surface area contributed by atoms with Crippen LogP contribution in [-0.4, -0.2) is 38.2 Å². The molecular weight excluding hydrogens is 200 g/mol. The third-order valence-electron chi connectivity index (χ3n) is 2.23. The first-order valence-corrected chi connectivity index (χ1v) is 4.47. The number of nitrogens with one attached hydrogen (secondary N) is 1. The van der Waals surface area contributed by atoms with Crippen molar-refractivity contribution in [1.82, 2.24) is 5.32 Å². The number of hydrogen-bond acceptors (Lipinski definition) is 5. The summed E-state index contributed by atoms with van der Waals surface area (Å²) in [7, 11) is 2.73.